The van der Waals surface area contributed by atoms with Crippen LogP contribution in [0.3, 0.4) is 0 Å². The number of rotatable bonds is 8. The lowest BCUT2D eigenvalue weighted by molar-refractivity contribution is -0.148. The smallest absolute Gasteiger partial charge is 0.262 e. The van der Waals surface area contributed by atoms with Gasteiger partial charge in [0.05, 0.1) is 27.4 Å². The molecular weight excluding hydrogens is 367 g/mol. The Morgan fingerprint density at radius 2 is 1.68 bits per heavy atom. The van der Waals surface area contributed by atoms with E-state index < -0.39 is 10.4 Å². The molecule has 6 nitrogen and oxygen atoms in total. The maximum atomic E-state index is 12.3. The summed E-state index contributed by atoms with van der Waals surface area (Å²) < 4.78 is 14.6. The number of amides is 1. The first kappa shape index (κ1) is 19.9. The topological polar surface area (TPSA) is 51.2 Å². The second-order valence-corrected chi connectivity index (χ2v) is 7.53. The normalized spacial score (nSPS) is 19.0. The lowest BCUT2D eigenvalue weighted by Crippen LogP contribution is -2.62. The molecule has 140 valence electrons. The molecule has 1 aromatic carbocycles. The average Bonchev–Trinajstić information content (AvgIpc) is 2.58. The number of alkyl halides is 2. The van der Waals surface area contributed by atoms with Crippen LogP contribution in [0.5, 0.6) is 17.2 Å². The van der Waals surface area contributed by atoms with Crippen molar-refractivity contribution in [3.8, 4) is 17.2 Å². The zero-order valence-electron chi connectivity index (χ0n) is 15.1. The molecule has 0 bridgehead atoms. The number of hydrogen-bond donors (Lipinski definition) is 0. The monoisotopic (exact) mass is 390 g/mol. The number of nitrogens with zero attached hydrogens (tertiary/aromatic N) is 2. The van der Waals surface area contributed by atoms with E-state index in [9.17, 15) is 4.79 Å². The van der Waals surface area contributed by atoms with Crippen molar-refractivity contribution < 1.29 is 19.0 Å². The minimum absolute atomic E-state index is 0.284. The number of β-lactam (4-membered cyclic amide) rings is 1. The van der Waals surface area contributed by atoms with Gasteiger partial charge in [0.1, 0.15) is 0 Å². The van der Waals surface area contributed by atoms with Gasteiger partial charge in [0.2, 0.25) is 10.1 Å². The van der Waals surface area contributed by atoms with Gasteiger partial charge in [0.25, 0.3) is 5.91 Å². The molecule has 0 radical (unpaired) electrons. The molecule has 1 saturated heterocycles. The van der Waals surface area contributed by atoms with Crippen LogP contribution < -0.4 is 14.2 Å². The third kappa shape index (κ3) is 3.76. The number of likely N-dealkylation sites (tertiary alicyclic amines) is 1. The maximum Gasteiger partial charge on any atom is 0.262 e. The first-order chi connectivity index (χ1) is 11.8. The summed E-state index contributed by atoms with van der Waals surface area (Å²) >= 11 is 12.6. The molecule has 1 unspecified atom stereocenters. The lowest BCUT2D eigenvalue weighted by atomic mass is 9.91. The second kappa shape index (κ2) is 7.89. The highest BCUT2D eigenvalue weighted by Gasteiger charge is 2.59. The highest BCUT2D eigenvalue weighted by Crippen LogP contribution is 2.53. The van der Waals surface area contributed by atoms with Crippen molar-refractivity contribution in [3.05, 3.63) is 17.7 Å². The van der Waals surface area contributed by atoms with Crippen LogP contribution in [0.4, 0.5) is 0 Å². The predicted molar refractivity (Wildman–Crippen MR) is 98.2 cm³/mol. The molecule has 1 fully saturated rings. The number of ether oxygens (including phenoxy) is 3. The molecule has 1 amide bonds. The molecule has 0 aromatic heterocycles. The number of methoxy groups -OCH3 is 3. The van der Waals surface area contributed by atoms with Gasteiger partial charge in [-0.05, 0) is 44.8 Å². The van der Waals surface area contributed by atoms with Gasteiger partial charge in [-0.25, -0.2) is 0 Å². The molecule has 0 N–H and O–H groups in total. The number of carbonyl (C=O) groups is 1. The van der Waals surface area contributed by atoms with E-state index in [0.29, 0.717) is 23.8 Å². The van der Waals surface area contributed by atoms with Crippen LogP contribution >= 0.6 is 23.2 Å². The predicted octanol–water partition coefficient (Wildman–Crippen LogP) is 2.72. The Bertz CT molecular complexity index is 612. The van der Waals surface area contributed by atoms with E-state index >= 15 is 0 Å². The van der Waals surface area contributed by atoms with E-state index in [1.807, 2.05) is 14.1 Å². The largest absolute Gasteiger partial charge is 0.493 e. The molecular formula is C17H24Cl2N2O4. The number of hydrogen-bond acceptors (Lipinski definition) is 5. The van der Waals surface area contributed by atoms with Gasteiger partial charge in [-0.1, -0.05) is 23.2 Å². The molecule has 1 heterocycles. The molecule has 0 spiro atoms. The molecule has 1 aromatic rings. The SMILES string of the molecule is COc1cc(C2N(CCCN(C)C)C(=O)C2(Cl)Cl)cc(OC)c1OC. The summed E-state index contributed by atoms with van der Waals surface area (Å²) in [7, 11) is 8.59. The fourth-order valence-electron chi connectivity index (χ4n) is 2.99. The first-order valence-electron chi connectivity index (χ1n) is 7.91. The summed E-state index contributed by atoms with van der Waals surface area (Å²) in [5.74, 6) is 1.18. The fourth-order valence-corrected chi connectivity index (χ4v) is 3.70. The summed E-state index contributed by atoms with van der Waals surface area (Å²) in [6.45, 7) is 1.43. The quantitative estimate of drug-likeness (QED) is 0.504. The van der Waals surface area contributed by atoms with E-state index in [4.69, 9.17) is 37.4 Å². The van der Waals surface area contributed by atoms with Gasteiger partial charge in [0.15, 0.2) is 11.5 Å². The lowest BCUT2D eigenvalue weighted by Gasteiger charge is -2.49. The van der Waals surface area contributed by atoms with E-state index in [0.717, 1.165) is 18.5 Å². The summed E-state index contributed by atoms with van der Waals surface area (Å²) in [4.78, 5) is 16.1. The van der Waals surface area contributed by atoms with Crippen LogP contribution in [0.2, 0.25) is 0 Å². The van der Waals surface area contributed by atoms with Gasteiger partial charge in [-0.2, -0.15) is 0 Å². The van der Waals surface area contributed by atoms with E-state index in [1.165, 1.54) is 21.3 Å². The van der Waals surface area contributed by atoms with Crippen molar-refractivity contribution in [3.63, 3.8) is 0 Å². The number of halogens is 2. The standard InChI is InChI=1S/C17H24Cl2N2O4/c1-20(2)7-6-8-21-15(17(18,19)16(21)22)11-9-12(23-3)14(25-5)13(10-11)24-4/h9-10,15H,6-8H2,1-5H3. The Morgan fingerprint density at radius 3 is 2.12 bits per heavy atom. The first-order valence-corrected chi connectivity index (χ1v) is 8.67. The minimum Gasteiger partial charge on any atom is -0.493 e. The molecule has 1 atom stereocenters. The van der Waals surface area contributed by atoms with Crippen molar-refractivity contribution in [2.24, 2.45) is 0 Å². The molecule has 2 rings (SSSR count). The van der Waals surface area contributed by atoms with Crippen molar-refractivity contribution in [2.45, 2.75) is 16.8 Å². The second-order valence-electron chi connectivity index (χ2n) is 6.14. The maximum absolute atomic E-state index is 12.3. The van der Waals surface area contributed by atoms with Crippen LogP contribution in [0.15, 0.2) is 12.1 Å². The Balaban J connectivity index is 2.34. The van der Waals surface area contributed by atoms with Gasteiger partial charge >= 0.3 is 0 Å². The van der Waals surface area contributed by atoms with Crippen LogP contribution in [0.25, 0.3) is 0 Å². The molecule has 25 heavy (non-hydrogen) atoms. The van der Waals surface area contributed by atoms with Crippen molar-refractivity contribution >= 4 is 29.1 Å². The van der Waals surface area contributed by atoms with Crippen molar-refractivity contribution in [1.29, 1.82) is 0 Å². The summed E-state index contributed by atoms with van der Waals surface area (Å²) in [5, 5.41) is 0. The highest BCUT2D eigenvalue weighted by atomic mass is 35.5. The Hall–Kier alpha value is -1.37. The van der Waals surface area contributed by atoms with Gasteiger partial charge in [-0.3, -0.25) is 4.79 Å². The van der Waals surface area contributed by atoms with Crippen LogP contribution in [0, 0.1) is 0 Å². The van der Waals surface area contributed by atoms with Crippen LogP contribution in [-0.2, 0) is 4.79 Å². The molecule has 0 aliphatic carbocycles. The highest BCUT2D eigenvalue weighted by molar-refractivity contribution is 6.60. The third-order valence-corrected chi connectivity index (χ3v) is 4.94. The van der Waals surface area contributed by atoms with E-state index in [1.54, 1.807) is 17.0 Å². The molecule has 1 aliphatic heterocycles. The third-order valence-electron chi connectivity index (χ3n) is 4.21. The Labute approximate surface area is 158 Å². The summed E-state index contributed by atoms with van der Waals surface area (Å²) in [6.07, 6.45) is 0.823. The Morgan fingerprint density at radius 1 is 1.12 bits per heavy atom. The molecule has 8 heteroatoms. The van der Waals surface area contributed by atoms with Gasteiger partial charge < -0.3 is 24.0 Å². The summed E-state index contributed by atoms with van der Waals surface area (Å²) in [6, 6.07) is 3.08. The van der Waals surface area contributed by atoms with E-state index in [2.05, 4.69) is 4.90 Å². The van der Waals surface area contributed by atoms with Crippen LogP contribution in [-0.4, -0.2) is 68.6 Å². The zero-order chi connectivity index (χ0) is 18.8. The zero-order valence-corrected chi connectivity index (χ0v) is 16.6. The minimum atomic E-state index is -1.50. The van der Waals surface area contributed by atoms with Crippen molar-refractivity contribution in [1.82, 2.24) is 9.80 Å². The molecule has 1 aliphatic rings. The average molecular weight is 391 g/mol. The Kier molecular flexibility index (Phi) is 6.30. The number of carbonyl (C=O) groups excluding carboxylic acids is 1. The van der Waals surface area contributed by atoms with Gasteiger partial charge in [-0.15, -0.1) is 0 Å². The summed E-state index contributed by atoms with van der Waals surface area (Å²) in [5.41, 5.74) is 0.740. The number of benzene rings is 1. The van der Waals surface area contributed by atoms with E-state index in [-0.39, 0.29) is 5.91 Å². The van der Waals surface area contributed by atoms with Gasteiger partial charge in [0, 0.05) is 6.54 Å². The van der Waals surface area contributed by atoms with Crippen molar-refractivity contribution in [2.75, 3.05) is 48.5 Å². The molecule has 0 saturated carbocycles. The van der Waals surface area contributed by atoms with Crippen LogP contribution in [0.1, 0.15) is 18.0 Å². The fraction of sp³-hybridized carbons (Fsp3) is 0.588.